The summed E-state index contributed by atoms with van der Waals surface area (Å²) in [6.45, 7) is 9.28. The van der Waals surface area contributed by atoms with Gasteiger partial charge in [-0.25, -0.2) is 0 Å². The van der Waals surface area contributed by atoms with Crippen LogP contribution in [-0.2, 0) is 0 Å². The summed E-state index contributed by atoms with van der Waals surface area (Å²) in [7, 11) is 0. The Hall–Kier alpha value is -1.35. The summed E-state index contributed by atoms with van der Waals surface area (Å²) in [4.78, 5) is 16.5. The van der Waals surface area contributed by atoms with E-state index in [0.717, 1.165) is 37.4 Å². The zero-order valence-corrected chi connectivity index (χ0v) is 11.4. The monoisotopic (exact) mass is 246 g/mol. The van der Waals surface area contributed by atoms with Crippen molar-refractivity contribution in [3.8, 4) is 0 Å². The third kappa shape index (κ3) is 2.91. The third-order valence-corrected chi connectivity index (χ3v) is 3.54. The number of rotatable bonds is 4. The number of para-hydroxylation sites is 1. The molecule has 1 fully saturated rings. The number of hydrogen-bond donors (Lipinski definition) is 0. The summed E-state index contributed by atoms with van der Waals surface area (Å²) in [6, 6.07) is 7.94. The zero-order valence-electron chi connectivity index (χ0n) is 11.4. The lowest BCUT2D eigenvalue weighted by molar-refractivity contribution is 0.101. The number of piperazine rings is 1. The summed E-state index contributed by atoms with van der Waals surface area (Å²) in [6.07, 6.45) is 1.21. The predicted octanol–water partition coefficient (Wildman–Crippen LogP) is 2.42. The summed E-state index contributed by atoms with van der Waals surface area (Å²) in [5.41, 5.74) is 1.95. The minimum atomic E-state index is 0.154. The maximum Gasteiger partial charge on any atom is 0.161 e. The maximum atomic E-state index is 11.6. The van der Waals surface area contributed by atoms with Crippen molar-refractivity contribution < 1.29 is 4.79 Å². The van der Waals surface area contributed by atoms with E-state index in [1.807, 2.05) is 18.2 Å². The zero-order chi connectivity index (χ0) is 13.0. The first kappa shape index (κ1) is 13.1. The van der Waals surface area contributed by atoms with Crippen LogP contribution >= 0.6 is 0 Å². The molecular formula is C15H22N2O. The van der Waals surface area contributed by atoms with Gasteiger partial charge in [0, 0.05) is 37.4 Å². The van der Waals surface area contributed by atoms with E-state index >= 15 is 0 Å². The lowest BCUT2D eigenvalue weighted by Gasteiger charge is -2.36. The highest BCUT2D eigenvalue weighted by atomic mass is 16.1. The van der Waals surface area contributed by atoms with Gasteiger partial charge in [0.1, 0.15) is 0 Å². The Morgan fingerprint density at radius 3 is 2.44 bits per heavy atom. The number of Topliss-reactive ketones (excluding diaryl/α,β-unsaturated/α-hetero) is 1. The molecule has 0 atom stereocenters. The van der Waals surface area contributed by atoms with Gasteiger partial charge in [-0.05, 0) is 32.0 Å². The molecule has 18 heavy (non-hydrogen) atoms. The summed E-state index contributed by atoms with van der Waals surface area (Å²) in [5, 5.41) is 0. The molecule has 0 aliphatic carbocycles. The number of carbonyl (C=O) groups excluding carboxylic acids is 1. The van der Waals surface area contributed by atoms with Crippen molar-refractivity contribution in [2.45, 2.75) is 20.3 Å². The lowest BCUT2D eigenvalue weighted by Crippen LogP contribution is -2.46. The van der Waals surface area contributed by atoms with Gasteiger partial charge in [-0.1, -0.05) is 19.1 Å². The minimum Gasteiger partial charge on any atom is -0.368 e. The molecule has 0 bridgehead atoms. The van der Waals surface area contributed by atoms with E-state index < -0.39 is 0 Å². The minimum absolute atomic E-state index is 0.154. The van der Waals surface area contributed by atoms with Crippen LogP contribution in [0.5, 0.6) is 0 Å². The highest BCUT2D eigenvalue weighted by Gasteiger charge is 2.19. The topological polar surface area (TPSA) is 23.6 Å². The highest BCUT2D eigenvalue weighted by Crippen LogP contribution is 2.22. The van der Waals surface area contributed by atoms with Gasteiger partial charge in [0.25, 0.3) is 0 Å². The molecule has 1 aliphatic rings. The Labute approximate surface area is 109 Å². The van der Waals surface area contributed by atoms with Gasteiger partial charge in [0.2, 0.25) is 0 Å². The number of ketones is 1. The number of carbonyl (C=O) groups is 1. The fourth-order valence-corrected chi connectivity index (χ4v) is 2.58. The van der Waals surface area contributed by atoms with Crippen LogP contribution < -0.4 is 4.90 Å². The lowest BCUT2D eigenvalue weighted by atomic mass is 10.1. The van der Waals surface area contributed by atoms with Crippen molar-refractivity contribution >= 4 is 11.5 Å². The van der Waals surface area contributed by atoms with Crippen LogP contribution in [0, 0.1) is 0 Å². The molecule has 1 saturated heterocycles. The largest absolute Gasteiger partial charge is 0.368 e. The number of nitrogens with zero attached hydrogens (tertiary/aromatic N) is 2. The number of hydrogen-bond acceptors (Lipinski definition) is 3. The van der Waals surface area contributed by atoms with E-state index in [0.29, 0.717) is 0 Å². The van der Waals surface area contributed by atoms with Crippen LogP contribution in [0.15, 0.2) is 24.3 Å². The molecule has 1 heterocycles. The molecule has 0 unspecified atom stereocenters. The quantitative estimate of drug-likeness (QED) is 0.762. The molecule has 0 amide bonds. The van der Waals surface area contributed by atoms with Gasteiger partial charge < -0.3 is 4.90 Å². The molecule has 1 aromatic carbocycles. The van der Waals surface area contributed by atoms with Gasteiger partial charge in [0.05, 0.1) is 0 Å². The molecule has 0 N–H and O–H groups in total. The average Bonchev–Trinajstić information content (AvgIpc) is 2.40. The number of anilines is 1. The smallest absolute Gasteiger partial charge is 0.161 e. The standard InChI is InChI=1S/C15H22N2O/c1-3-8-16-9-11-17(12-10-16)15-7-5-4-6-14(15)13(2)18/h4-7H,3,8-12H2,1-2H3. The van der Waals surface area contributed by atoms with Gasteiger partial charge in [-0.3, -0.25) is 9.69 Å². The molecule has 2 rings (SSSR count). The van der Waals surface area contributed by atoms with Crippen LogP contribution in [-0.4, -0.2) is 43.4 Å². The molecule has 0 radical (unpaired) electrons. The van der Waals surface area contributed by atoms with E-state index in [1.165, 1.54) is 13.0 Å². The van der Waals surface area contributed by atoms with Crippen molar-refractivity contribution in [3.63, 3.8) is 0 Å². The molecule has 1 aromatic rings. The van der Waals surface area contributed by atoms with E-state index in [9.17, 15) is 4.79 Å². The van der Waals surface area contributed by atoms with E-state index in [1.54, 1.807) is 6.92 Å². The van der Waals surface area contributed by atoms with Crippen molar-refractivity contribution in [1.82, 2.24) is 4.90 Å². The molecule has 0 spiro atoms. The molecule has 3 heteroatoms. The number of benzene rings is 1. The molecule has 98 valence electrons. The molecule has 3 nitrogen and oxygen atoms in total. The van der Waals surface area contributed by atoms with Gasteiger partial charge in [0.15, 0.2) is 5.78 Å². The van der Waals surface area contributed by atoms with Crippen LogP contribution in [0.1, 0.15) is 30.6 Å². The second-order valence-electron chi connectivity index (χ2n) is 4.90. The Morgan fingerprint density at radius 2 is 1.83 bits per heavy atom. The normalized spacial score (nSPS) is 16.9. The maximum absolute atomic E-state index is 11.6. The van der Waals surface area contributed by atoms with E-state index in [4.69, 9.17) is 0 Å². The first-order valence-corrected chi connectivity index (χ1v) is 6.79. The SMILES string of the molecule is CCCN1CCN(c2ccccc2C(C)=O)CC1. The van der Waals surface area contributed by atoms with Gasteiger partial charge >= 0.3 is 0 Å². The Balaban J connectivity index is 2.07. The summed E-state index contributed by atoms with van der Waals surface area (Å²) < 4.78 is 0. The van der Waals surface area contributed by atoms with Crippen molar-refractivity contribution in [1.29, 1.82) is 0 Å². The Morgan fingerprint density at radius 1 is 1.17 bits per heavy atom. The second-order valence-corrected chi connectivity index (χ2v) is 4.90. The van der Waals surface area contributed by atoms with Crippen LogP contribution in [0.2, 0.25) is 0 Å². The first-order valence-electron chi connectivity index (χ1n) is 6.79. The third-order valence-electron chi connectivity index (χ3n) is 3.54. The Bertz CT molecular complexity index is 409. The molecule has 0 saturated carbocycles. The molecule has 1 aliphatic heterocycles. The van der Waals surface area contributed by atoms with Crippen LogP contribution in [0.4, 0.5) is 5.69 Å². The van der Waals surface area contributed by atoms with Crippen molar-refractivity contribution in [2.75, 3.05) is 37.6 Å². The summed E-state index contributed by atoms with van der Waals surface area (Å²) in [5.74, 6) is 0.154. The molecule has 0 aromatic heterocycles. The fourth-order valence-electron chi connectivity index (χ4n) is 2.58. The van der Waals surface area contributed by atoms with Crippen LogP contribution in [0.25, 0.3) is 0 Å². The fraction of sp³-hybridized carbons (Fsp3) is 0.533. The Kier molecular flexibility index (Phi) is 4.37. The van der Waals surface area contributed by atoms with E-state index in [2.05, 4.69) is 22.8 Å². The summed E-state index contributed by atoms with van der Waals surface area (Å²) >= 11 is 0. The predicted molar refractivity (Wildman–Crippen MR) is 75.4 cm³/mol. The van der Waals surface area contributed by atoms with Crippen molar-refractivity contribution in [3.05, 3.63) is 29.8 Å². The highest BCUT2D eigenvalue weighted by molar-refractivity contribution is 5.99. The molecular weight excluding hydrogens is 224 g/mol. The van der Waals surface area contributed by atoms with Crippen molar-refractivity contribution in [2.24, 2.45) is 0 Å². The van der Waals surface area contributed by atoms with Gasteiger partial charge in [-0.15, -0.1) is 0 Å². The van der Waals surface area contributed by atoms with Crippen LogP contribution in [0.3, 0.4) is 0 Å². The first-order chi connectivity index (χ1) is 8.72. The average molecular weight is 246 g/mol. The van der Waals surface area contributed by atoms with E-state index in [-0.39, 0.29) is 5.78 Å². The second kappa shape index (κ2) is 6.01. The van der Waals surface area contributed by atoms with Gasteiger partial charge in [-0.2, -0.15) is 0 Å².